The standard InChI is InChI=1S/C27H22N2O4/c1-33-20-13-7-6-12-19(20)28-21(30)14-29-26(31)24-22-15-8-2-3-9-16(15)23(25(24)27(29)32)18-11-5-4-10-17(18)22/h2-13,22-25H,14H2,1H3,(H,28,30)/t22?,23?,24-,25+. The molecule has 1 heterocycles. The number of hydrogen-bond acceptors (Lipinski definition) is 4. The highest BCUT2D eigenvalue weighted by molar-refractivity contribution is 6.10. The molecular weight excluding hydrogens is 416 g/mol. The Balaban J connectivity index is 1.34. The second kappa shape index (κ2) is 7.30. The zero-order chi connectivity index (χ0) is 22.7. The summed E-state index contributed by atoms with van der Waals surface area (Å²) in [5.74, 6) is -1.75. The summed E-state index contributed by atoms with van der Waals surface area (Å²) >= 11 is 0. The third kappa shape index (κ3) is 2.76. The lowest BCUT2D eigenvalue weighted by Crippen LogP contribution is -2.41. The molecule has 0 saturated carbocycles. The van der Waals surface area contributed by atoms with E-state index in [1.807, 2.05) is 24.3 Å². The second-order valence-corrected chi connectivity index (χ2v) is 8.78. The van der Waals surface area contributed by atoms with Crippen molar-refractivity contribution in [2.24, 2.45) is 11.8 Å². The minimum Gasteiger partial charge on any atom is -0.495 e. The third-order valence-corrected chi connectivity index (χ3v) is 7.22. The molecule has 3 aromatic rings. The molecule has 6 nitrogen and oxygen atoms in total. The normalized spacial score (nSPS) is 24.2. The Morgan fingerprint density at radius 3 is 1.73 bits per heavy atom. The first-order valence-corrected chi connectivity index (χ1v) is 11.1. The van der Waals surface area contributed by atoms with Crippen LogP contribution in [0.3, 0.4) is 0 Å². The van der Waals surface area contributed by atoms with Crippen molar-refractivity contribution >= 4 is 23.4 Å². The van der Waals surface area contributed by atoms with Gasteiger partial charge in [0.2, 0.25) is 17.7 Å². The van der Waals surface area contributed by atoms with Gasteiger partial charge in [-0.15, -0.1) is 0 Å². The predicted octanol–water partition coefficient (Wildman–Crippen LogP) is 3.53. The lowest BCUT2D eigenvalue weighted by molar-refractivity contribution is -0.142. The van der Waals surface area contributed by atoms with Crippen LogP contribution in [-0.4, -0.2) is 36.3 Å². The number of nitrogens with zero attached hydrogens (tertiary/aromatic N) is 1. The maximum Gasteiger partial charge on any atom is 0.244 e. The summed E-state index contributed by atoms with van der Waals surface area (Å²) in [6, 6.07) is 23.2. The lowest BCUT2D eigenvalue weighted by Gasteiger charge is -2.45. The molecule has 3 aromatic carbocycles. The Labute approximate surface area is 191 Å². The van der Waals surface area contributed by atoms with Crippen LogP contribution in [0.1, 0.15) is 34.1 Å². The minimum absolute atomic E-state index is 0.175. The van der Waals surface area contributed by atoms with E-state index in [1.165, 1.54) is 7.11 Å². The minimum atomic E-state index is -0.480. The van der Waals surface area contributed by atoms with Crippen LogP contribution in [0.5, 0.6) is 5.75 Å². The fourth-order valence-corrected chi connectivity index (χ4v) is 5.98. The highest BCUT2D eigenvalue weighted by Gasteiger charge is 2.61. The van der Waals surface area contributed by atoms with Crippen LogP contribution in [0.2, 0.25) is 0 Å². The quantitative estimate of drug-likeness (QED) is 0.633. The molecule has 6 heteroatoms. The number of likely N-dealkylation sites (tertiary alicyclic amines) is 1. The van der Waals surface area contributed by atoms with Crippen molar-refractivity contribution in [3.05, 3.63) is 95.1 Å². The molecule has 4 aliphatic rings. The highest BCUT2D eigenvalue weighted by Crippen LogP contribution is 2.60. The van der Waals surface area contributed by atoms with Crippen LogP contribution in [-0.2, 0) is 14.4 Å². The summed E-state index contributed by atoms with van der Waals surface area (Å²) < 4.78 is 5.28. The van der Waals surface area contributed by atoms with Crippen LogP contribution in [0.25, 0.3) is 0 Å². The van der Waals surface area contributed by atoms with Gasteiger partial charge in [0.1, 0.15) is 12.3 Å². The van der Waals surface area contributed by atoms with Crippen LogP contribution in [0, 0.1) is 11.8 Å². The number of ether oxygens (including phenoxy) is 1. The number of carbonyl (C=O) groups excluding carboxylic acids is 3. The van der Waals surface area contributed by atoms with Gasteiger partial charge in [-0.05, 0) is 34.4 Å². The number of amides is 3. The maximum atomic E-state index is 13.6. The van der Waals surface area contributed by atoms with E-state index < -0.39 is 17.7 Å². The topological polar surface area (TPSA) is 75.7 Å². The molecule has 1 N–H and O–H groups in total. The van der Waals surface area contributed by atoms with E-state index in [0.29, 0.717) is 11.4 Å². The fraction of sp³-hybridized carbons (Fsp3) is 0.222. The van der Waals surface area contributed by atoms with Gasteiger partial charge in [0.05, 0.1) is 24.6 Å². The molecule has 0 aromatic heterocycles. The summed E-state index contributed by atoms with van der Waals surface area (Å²) in [6.07, 6.45) is 0. The molecule has 0 spiro atoms. The monoisotopic (exact) mass is 438 g/mol. The molecule has 1 fully saturated rings. The average molecular weight is 438 g/mol. The summed E-state index contributed by atoms with van der Waals surface area (Å²) in [5.41, 5.74) is 4.96. The molecule has 1 aliphatic heterocycles. The largest absolute Gasteiger partial charge is 0.495 e. The van der Waals surface area contributed by atoms with Gasteiger partial charge >= 0.3 is 0 Å². The average Bonchev–Trinajstić information content (AvgIpc) is 3.09. The molecule has 33 heavy (non-hydrogen) atoms. The molecule has 1 saturated heterocycles. The number of benzene rings is 3. The van der Waals surface area contributed by atoms with Gasteiger partial charge in [-0.1, -0.05) is 60.7 Å². The van der Waals surface area contributed by atoms with Crippen molar-refractivity contribution in [3.8, 4) is 5.75 Å². The van der Waals surface area contributed by atoms with Crippen LogP contribution in [0.15, 0.2) is 72.8 Å². The molecule has 2 atom stereocenters. The summed E-state index contributed by atoms with van der Waals surface area (Å²) in [6.45, 7) is -0.311. The number of rotatable bonds is 4. The van der Waals surface area contributed by atoms with E-state index in [1.54, 1.807) is 24.3 Å². The van der Waals surface area contributed by atoms with Crippen molar-refractivity contribution in [2.45, 2.75) is 11.8 Å². The number of methoxy groups -OCH3 is 1. The van der Waals surface area contributed by atoms with Gasteiger partial charge in [-0.25, -0.2) is 0 Å². The first-order valence-electron chi connectivity index (χ1n) is 11.1. The Bertz CT molecular complexity index is 1200. The van der Waals surface area contributed by atoms with Gasteiger partial charge in [0.15, 0.2) is 0 Å². The Morgan fingerprint density at radius 1 is 0.788 bits per heavy atom. The first kappa shape index (κ1) is 19.7. The number of imide groups is 1. The molecule has 3 aliphatic carbocycles. The van der Waals surface area contributed by atoms with E-state index in [9.17, 15) is 14.4 Å². The summed E-state index contributed by atoms with van der Waals surface area (Å²) in [4.78, 5) is 41.1. The highest BCUT2D eigenvalue weighted by atomic mass is 16.5. The first-order chi connectivity index (χ1) is 16.1. The summed E-state index contributed by atoms with van der Waals surface area (Å²) in [7, 11) is 1.52. The number of nitrogens with one attached hydrogen (secondary N) is 1. The molecule has 2 bridgehead atoms. The second-order valence-electron chi connectivity index (χ2n) is 8.78. The van der Waals surface area contributed by atoms with Crippen LogP contribution < -0.4 is 10.1 Å². The number of anilines is 1. The maximum absolute atomic E-state index is 13.6. The zero-order valence-corrected chi connectivity index (χ0v) is 18.0. The fourth-order valence-electron chi connectivity index (χ4n) is 5.98. The van der Waals surface area contributed by atoms with Crippen molar-refractivity contribution in [2.75, 3.05) is 19.0 Å². The predicted molar refractivity (Wildman–Crippen MR) is 122 cm³/mol. The van der Waals surface area contributed by atoms with Gasteiger partial charge in [-0.3, -0.25) is 19.3 Å². The summed E-state index contributed by atoms with van der Waals surface area (Å²) in [5, 5.41) is 2.77. The van der Waals surface area contributed by atoms with E-state index in [2.05, 4.69) is 29.6 Å². The molecule has 0 radical (unpaired) electrons. The molecular formula is C27H22N2O4. The SMILES string of the molecule is COc1ccccc1NC(=O)CN1C(=O)[C@@H]2C3c4ccccc4C(c4ccccc43)[C@@H]2C1=O. The molecule has 164 valence electrons. The van der Waals surface area contributed by atoms with Gasteiger partial charge < -0.3 is 10.1 Å². The molecule has 7 rings (SSSR count). The van der Waals surface area contributed by atoms with Crippen molar-refractivity contribution < 1.29 is 19.1 Å². The molecule has 3 amide bonds. The van der Waals surface area contributed by atoms with Gasteiger partial charge in [0.25, 0.3) is 0 Å². The third-order valence-electron chi connectivity index (χ3n) is 7.22. The Kier molecular flexibility index (Phi) is 4.37. The zero-order valence-electron chi connectivity index (χ0n) is 18.0. The number of carbonyl (C=O) groups is 3. The smallest absolute Gasteiger partial charge is 0.244 e. The number of para-hydroxylation sites is 2. The lowest BCUT2D eigenvalue weighted by atomic mass is 9.55. The van der Waals surface area contributed by atoms with E-state index in [-0.39, 0.29) is 30.2 Å². The van der Waals surface area contributed by atoms with Gasteiger partial charge in [-0.2, -0.15) is 0 Å². The number of hydrogen-bond donors (Lipinski definition) is 1. The van der Waals surface area contributed by atoms with Gasteiger partial charge in [0, 0.05) is 11.8 Å². The van der Waals surface area contributed by atoms with E-state index in [4.69, 9.17) is 4.74 Å². The van der Waals surface area contributed by atoms with Crippen LogP contribution in [0.4, 0.5) is 5.69 Å². The van der Waals surface area contributed by atoms with Crippen molar-refractivity contribution in [3.63, 3.8) is 0 Å². The Morgan fingerprint density at radius 2 is 1.24 bits per heavy atom. The molecule has 0 unspecified atom stereocenters. The van der Waals surface area contributed by atoms with E-state index in [0.717, 1.165) is 27.2 Å². The van der Waals surface area contributed by atoms with E-state index >= 15 is 0 Å². The van der Waals surface area contributed by atoms with Crippen molar-refractivity contribution in [1.82, 2.24) is 4.90 Å². The van der Waals surface area contributed by atoms with Crippen molar-refractivity contribution in [1.29, 1.82) is 0 Å². The van der Waals surface area contributed by atoms with Crippen LogP contribution >= 0.6 is 0 Å². The Hall–Kier alpha value is -3.93.